The molecule has 0 aromatic rings. The Labute approximate surface area is 62.6 Å². The zero-order valence-electron chi connectivity index (χ0n) is 6.44. The molecule has 0 rings (SSSR count). The molecule has 0 fully saturated rings. The van der Waals surface area contributed by atoms with Crippen molar-refractivity contribution in [2.24, 2.45) is 0 Å². The number of hydrogen-bond acceptors (Lipinski definition) is 2. The van der Waals surface area contributed by atoms with Crippen molar-refractivity contribution in [2.45, 2.75) is 20.3 Å². The third kappa shape index (κ3) is 8.31. The predicted molar refractivity (Wildman–Crippen MR) is 46.2 cm³/mol. The molecular weight excluding hydrogens is 130 g/mol. The predicted octanol–water partition coefficient (Wildman–Crippen LogP) is 1.74. The van der Waals surface area contributed by atoms with Gasteiger partial charge in [-0.25, -0.2) is 0 Å². The first-order valence-corrected chi connectivity index (χ1v) is 4.85. The molecule has 0 saturated carbocycles. The Morgan fingerprint density at radius 3 is 2.56 bits per heavy atom. The van der Waals surface area contributed by atoms with E-state index in [9.17, 15) is 0 Å². The second kappa shape index (κ2) is 8.31. The molecule has 0 aliphatic carbocycles. The van der Waals surface area contributed by atoms with E-state index in [1.807, 2.05) is 11.8 Å². The van der Waals surface area contributed by atoms with Gasteiger partial charge in [0, 0.05) is 12.3 Å². The highest BCUT2D eigenvalue weighted by Crippen LogP contribution is 1.94. The van der Waals surface area contributed by atoms with Gasteiger partial charge in [0.1, 0.15) is 0 Å². The monoisotopic (exact) mass is 147 g/mol. The van der Waals surface area contributed by atoms with E-state index >= 15 is 0 Å². The fourth-order valence-corrected chi connectivity index (χ4v) is 1.17. The molecule has 0 aliphatic rings. The van der Waals surface area contributed by atoms with Gasteiger partial charge in [-0.3, -0.25) is 0 Å². The molecule has 0 aliphatic heterocycles. The maximum absolute atomic E-state index is 3.35. The molecular formula is C7H17NS. The quantitative estimate of drug-likeness (QED) is 0.574. The average molecular weight is 147 g/mol. The van der Waals surface area contributed by atoms with E-state index < -0.39 is 0 Å². The third-order valence-corrected chi connectivity index (χ3v) is 1.96. The summed E-state index contributed by atoms with van der Waals surface area (Å²) in [5.41, 5.74) is 0. The van der Waals surface area contributed by atoms with Crippen molar-refractivity contribution in [1.29, 1.82) is 0 Å². The molecule has 1 nitrogen and oxygen atoms in total. The van der Waals surface area contributed by atoms with Gasteiger partial charge in [0.15, 0.2) is 0 Å². The largest absolute Gasteiger partial charge is 0.316 e. The van der Waals surface area contributed by atoms with Crippen LogP contribution in [0.3, 0.4) is 0 Å². The summed E-state index contributed by atoms with van der Waals surface area (Å²) < 4.78 is 0. The molecule has 56 valence electrons. The Balaban J connectivity index is 2.60. The fraction of sp³-hybridized carbons (Fsp3) is 1.00. The van der Waals surface area contributed by atoms with Crippen LogP contribution in [0.2, 0.25) is 0 Å². The second-order valence-corrected chi connectivity index (χ2v) is 3.34. The average Bonchev–Trinajstić information content (AvgIpc) is 1.89. The summed E-state index contributed by atoms with van der Waals surface area (Å²) in [7, 11) is 0. The summed E-state index contributed by atoms with van der Waals surface area (Å²) in [5.74, 6) is 2.50. The summed E-state index contributed by atoms with van der Waals surface area (Å²) in [5, 5.41) is 3.35. The molecule has 0 bridgehead atoms. The van der Waals surface area contributed by atoms with E-state index in [1.54, 1.807) is 0 Å². The molecule has 0 saturated heterocycles. The molecule has 0 spiro atoms. The van der Waals surface area contributed by atoms with Crippen LogP contribution in [0.15, 0.2) is 0 Å². The van der Waals surface area contributed by atoms with E-state index in [0.717, 1.165) is 0 Å². The standard InChI is InChI=1S/C7H17NS/c1-3-5-8-6-7-9-4-2/h8H,3-7H2,1-2H3. The van der Waals surface area contributed by atoms with Crippen LogP contribution in [0.5, 0.6) is 0 Å². The summed E-state index contributed by atoms with van der Waals surface area (Å²) >= 11 is 2.00. The van der Waals surface area contributed by atoms with Crippen molar-refractivity contribution < 1.29 is 0 Å². The van der Waals surface area contributed by atoms with E-state index in [-0.39, 0.29) is 0 Å². The number of hydrogen-bond donors (Lipinski definition) is 1. The highest BCUT2D eigenvalue weighted by atomic mass is 32.2. The van der Waals surface area contributed by atoms with Crippen molar-refractivity contribution in [2.75, 3.05) is 24.6 Å². The van der Waals surface area contributed by atoms with Crippen molar-refractivity contribution in [3.8, 4) is 0 Å². The van der Waals surface area contributed by atoms with Crippen molar-refractivity contribution in [1.82, 2.24) is 5.32 Å². The van der Waals surface area contributed by atoms with Gasteiger partial charge in [0.25, 0.3) is 0 Å². The second-order valence-electron chi connectivity index (χ2n) is 1.95. The smallest absolute Gasteiger partial charge is 0.00579 e. The first kappa shape index (κ1) is 9.31. The zero-order valence-corrected chi connectivity index (χ0v) is 7.26. The molecule has 0 radical (unpaired) electrons. The first-order valence-electron chi connectivity index (χ1n) is 3.70. The maximum Gasteiger partial charge on any atom is 0.00579 e. The van der Waals surface area contributed by atoms with E-state index in [4.69, 9.17) is 0 Å². The lowest BCUT2D eigenvalue weighted by atomic mass is 10.5. The number of nitrogens with one attached hydrogen (secondary N) is 1. The highest BCUT2D eigenvalue weighted by Gasteiger charge is 1.83. The van der Waals surface area contributed by atoms with Gasteiger partial charge in [-0.05, 0) is 18.7 Å². The van der Waals surface area contributed by atoms with Crippen LogP contribution in [-0.4, -0.2) is 24.6 Å². The topological polar surface area (TPSA) is 12.0 Å². The van der Waals surface area contributed by atoms with Gasteiger partial charge >= 0.3 is 0 Å². The minimum absolute atomic E-state index is 1.17. The highest BCUT2D eigenvalue weighted by molar-refractivity contribution is 7.99. The van der Waals surface area contributed by atoms with Gasteiger partial charge in [-0.2, -0.15) is 11.8 Å². The molecule has 0 unspecified atom stereocenters. The number of rotatable bonds is 6. The molecule has 0 aromatic heterocycles. The van der Waals surface area contributed by atoms with E-state index in [1.165, 1.54) is 31.0 Å². The van der Waals surface area contributed by atoms with Crippen LogP contribution < -0.4 is 5.32 Å². The van der Waals surface area contributed by atoms with Crippen molar-refractivity contribution in [3.63, 3.8) is 0 Å². The molecule has 2 heteroatoms. The van der Waals surface area contributed by atoms with Gasteiger partial charge in [-0.1, -0.05) is 13.8 Å². The Kier molecular flexibility index (Phi) is 8.60. The Morgan fingerprint density at radius 2 is 2.00 bits per heavy atom. The molecule has 9 heavy (non-hydrogen) atoms. The lowest BCUT2D eigenvalue weighted by Gasteiger charge is -1.99. The van der Waals surface area contributed by atoms with Gasteiger partial charge in [0.05, 0.1) is 0 Å². The first-order chi connectivity index (χ1) is 4.41. The lowest BCUT2D eigenvalue weighted by Crippen LogP contribution is -2.17. The van der Waals surface area contributed by atoms with Crippen LogP contribution in [0, 0.1) is 0 Å². The van der Waals surface area contributed by atoms with Crippen LogP contribution in [0.1, 0.15) is 20.3 Å². The number of thioether (sulfide) groups is 1. The SMILES string of the molecule is CCCNCCSCC. The van der Waals surface area contributed by atoms with Crippen LogP contribution in [-0.2, 0) is 0 Å². The molecule has 0 heterocycles. The summed E-state index contributed by atoms with van der Waals surface area (Å²) in [6.45, 7) is 6.74. The van der Waals surface area contributed by atoms with Crippen LogP contribution >= 0.6 is 11.8 Å². The van der Waals surface area contributed by atoms with Gasteiger partial charge < -0.3 is 5.32 Å². The van der Waals surface area contributed by atoms with Gasteiger partial charge in [0.2, 0.25) is 0 Å². The van der Waals surface area contributed by atoms with E-state index in [2.05, 4.69) is 19.2 Å². The maximum atomic E-state index is 3.35. The molecule has 0 atom stereocenters. The molecule has 1 N–H and O–H groups in total. The minimum Gasteiger partial charge on any atom is -0.316 e. The zero-order chi connectivity index (χ0) is 6.95. The Morgan fingerprint density at radius 1 is 1.22 bits per heavy atom. The van der Waals surface area contributed by atoms with E-state index in [0.29, 0.717) is 0 Å². The molecule has 0 aromatic carbocycles. The van der Waals surface area contributed by atoms with Crippen molar-refractivity contribution >= 4 is 11.8 Å². The van der Waals surface area contributed by atoms with Gasteiger partial charge in [-0.15, -0.1) is 0 Å². The third-order valence-electron chi connectivity index (χ3n) is 1.05. The Hall–Kier alpha value is 0.310. The van der Waals surface area contributed by atoms with Crippen LogP contribution in [0.25, 0.3) is 0 Å². The summed E-state index contributed by atoms with van der Waals surface area (Å²) in [6, 6.07) is 0. The normalized spacial score (nSPS) is 10.0. The Bertz CT molecular complexity index is 42.2. The summed E-state index contributed by atoms with van der Waals surface area (Å²) in [4.78, 5) is 0. The van der Waals surface area contributed by atoms with Crippen molar-refractivity contribution in [3.05, 3.63) is 0 Å². The minimum atomic E-state index is 1.17. The summed E-state index contributed by atoms with van der Waals surface area (Å²) in [6.07, 6.45) is 1.25. The molecule has 0 amide bonds. The fourth-order valence-electron chi connectivity index (χ4n) is 0.590. The lowest BCUT2D eigenvalue weighted by molar-refractivity contribution is 0.707. The van der Waals surface area contributed by atoms with Crippen LogP contribution in [0.4, 0.5) is 0 Å².